The van der Waals surface area contributed by atoms with Crippen LogP contribution in [0.3, 0.4) is 0 Å². The monoisotopic (exact) mass is 655 g/mol. The van der Waals surface area contributed by atoms with Gasteiger partial charge in [-0.3, -0.25) is 4.90 Å². The number of aromatic nitrogens is 3. The topological polar surface area (TPSA) is 73.0 Å². The van der Waals surface area contributed by atoms with E-state index < -0.39 is 12.6 Å². The van der Waals surface area contributed by atoms with E-state index in [-0.39, 0.29) is 10.9 Å². The van der Waals surface area contributed by atoms with Crippen LogP contribution in [0.1, 0.15) is 60.7 Å². The number of rotatable bonds is 9. The van der Waals surface area contributed by atoms with Gasteiger partial charge in [-0.15, -0.1) is 11.3 Å². The van der Waals surface area contributed by atoms with Crippen LogP contribution in [0.15, 0.2) is 30.6 Å². The molecule has 1 aromatic carbocycles. The average Bonchev–Trinajstić information content (AvgIpc) is 3.59. The highest BCUT2D eigenvalue weighted by Crippen LogP contribution is 2.34. The summed E-state index contributed by atoms with van der Waals surface area (Å²) in [6, 6.07) is 11.3. The summed E-state index contributed by atoms with van der Waals surface area (Å²) in [6.45, 7) is 9.15. The van der Waals surface area contributed by atoms with Crippen molar-refractivity contribution in [2.45, 2.75) is 83.7 Å². The van der Waals surface area contributed by atoms with E-state index in [2.05, 4.69) is 73.4 Å². The largest absolute Gasteiger partial charge is 0.393 e. The molecular formula is C33H40F3N7S2. The SMILES string of the molecule is CSN1CCC(CCn2c(C#N)cc3c(C)c(CN4CCC(Nc5ncnc6sc(CC(F)(F)F)cc56)CC4)ccc32)CC1C. The summed E-state index contributed by atoms with van der Waals surface area (Å²) in [4.78, 5) is 11.8. The molecule has 4 aromatic rings. The molecule has 45 heavy (non-hydrogen) atoms. The standard InChI is InChI=1S/C33H40F3N7S2/c1-21-14-23(7-13-43(21)44-3)6-12-42-26(18-37)15-28-22(2)24(4-5-30(28)42)19-41-10-8-25(9-11-41)40-31-29-16-27(17-33(34,35)36)45-32(29)39-20-38-31/h4-5,15-16,20-21,23,25H,6-14,17,19H2,1-3H3,(H,38,39,40). The first-order chi connectivity index (χ1) is 21.6. The van der Waals surface area contributed by atoms with Crippen molar-refractivity contribution in [3.8, 4) is 6.07 Å². The Morgan fingerprint density at radius 3 is 2.62 bits per heavy atom. The highest BCUT2D eigenvalue weighted by atomic mass is 32.2. The highest BCUT2D eigenvalue weighted by molar-refractivity contribution is 7.96. The summed E-state index contributed by atoms with van der Waals surface area (Å²) in [5, 5.41) is 15.3. The van der Waals surface area contributed by atoms with E-state index in [1.165, 1.54) is 35.7 Å². The summed E-state index contributed by atoms with van der Waals surface area (Å²) in [5.74, 6) is 1.30. The van der Waals surface area contributed by atoms with Crippen molar-refractivity contribution in [1.29, 1.82) is 5.26 Å². The van der Waals surface area contributed by atoms with Gasteiger partial charge >= 0.3 is 6.18 Å². The molecule has 0 radical (unpaired) electrons. The van der Waals surface area contributed by atoms with Gasteiger partial charge in [0.25, 0.3) is 0 Å². The lowest BCUT2D eigenvalue weighted by atomic mass is 9.90. The maximum absolute atomic E-state index is 12.9. The number of nitrogens with zero attached hydrogens (tertiary/aromatic N) is 6. The number of hydrogen-bond donors (Lipinski definition) is 1. The van der Waals surface area contributed by atoms with Gasteiger partial charge in [-0.25, -0.2) is 14.3 Å². The van der Waals surface area contributed by atoms with Gasteiger partial charge in [0.1, 0.15) is 28.7 Å². The molecular weight excluding hydrogens is 616 g/mol. The lowest BCUT2D eigenvalue weighted by molar-refractivity contribution is -0.126. The summed E-state index contributed by atoms with van der Waals surface area (Å²) in [7, 11) is 0. The molecule has 0 saturated carbocycles. The van der Waals surface area contributed by atoms with Crippen molar-refractivity contribution in [1.82, 2.24) is 23.7 Å². The normalized spacial score (nSPS) is 20.6. The van der Waals surface area contributed by atoms with E-state index in [0.717, 1.165) is 74.5 Å². The molecule has 0 spiro atoms. The minimum atomic E-state index is -4.25. The quantitative estimate of drug-likeness (QED) is 0.185. The lowest BCUT2D eigenvalue weighted by Gasteiger charge is -2.36. The minimum Gasteiger partial charge on any atom is -0.367 e. The Morgan fingerprint density at radius 1 is 1.11 bits per heavy atom. The Hall–Kier alpha value is -2.85. The number of anilines is 1. The molecule has 2 unspecified atom stereocenters. The Balaban J connectivity index is 1.07. The molecule has 12 heteroatoms. The second kappa shape index (κ2) is 13.5. The molecule has 2 aliphatic heterocycles. The zero-order valence-electron chi connectivity index (χ0n) is 26.0. The second-order valence-electron chi connectivity index (χ2n) is 12.6. The van der Waals surface area contributed by atoms with Gasteiger partial charge in [0, 0.05) is 60.6 Å². The summed E-state index contributed by atoms with van der Waals surface area (Å²) in [5.41, 5.74) is 4.40. The number of fused-ring (bicyclic) bond motifs is 2. The molecule has 2 aliphatic rings. The minimum absolute atomic E-state index is 0.192. The fraction of sp³-hybridized carbons (Fsp3) is 0.545. The van der Waals surface area contributed by atoms with Gasteiger partial charge in [-0.2, -0.15) is 18.4 Å². The van der Waals surface area contributed by atoms with Gasteiger partial charge in [0.05, 0.1) is 11.8 Å². The molecule has 240 valence electrons. The number of nitrogens with one attached hydrogen (secondary N) is 1. The number of piperidine rings is 2. The molecule has 0 bridgehead atoms. The first kappa shape index (κ1) is 32.1. The van der Waals surface area contributed by atoms with E-state index >= 15 is 0 Å². The Bertz CT molecular complexity index is 1680. The van der Waals surface area contributed by atoms with Crippen LogP contribution in [0.2, 0.25) is 0 Å². The van der Waals surface area contributed by atoms with Crippen molar-refractivity contribution in [3.05, 3.63) is 52.3 Å². The lowest BCUT2D eigenvalue weighted by Crippen LogP contribution is -2.39. The zero-order valence-corrected chi connectivity index (χ0v) is 27.7. The number of alkyl halides is 3. The summed E-state index contributed by atoms with van der Waals surface area (Å²) >= 11 is 2.92. The third-order valence-electron chi connectivity index (χ3n) is 9.58. The molecule has 6 rings (SSSR count). The third-order valence-corrected chi connectivity index (χ3v) is 11.6. The fourth-order valence-electron chi connectivity index (χ4n) is 7.09. The van der Waals surface area contributed by atoms with Crippen LogP contribution in [-0.4, -0.2) is 67.9 Å². The molecule has 2 saturated heterocycles. The van der Waals surface area contributed by atoms with Crippen LogP contribution in [-0.2, 0) is 19.5 Å². The van der Waals surface area contributed by atoms with Crippen LogP contribution in [0.4, 0.5) is 19.0 Å². The molecule has 2 atom stereocenters. The predicted molar refractivity (Wildman–Crippen MR) is 178 cm³/mol. The Kier molecular flexibility index (Phi) is 9.62. The van der Waals surface area contributed by atoms with Gasteiger partial charge in [-0.1, -0.05) is 18.0 Å². The fourth-order valence-corrected chi connectivity index (χ4v) is 8.85. The van der Waals surface area contributed by atoms with Crippen molar-refractivity contribution in [3.63, 3.8) is 0 Å². The van der Waals surface area contributed by atoms with Crippen molar-refractivity contribution >= 4 is 50.2 Å². The molecule has 7 nitrogen and oxygen atoms in total. The van der Waals surface area contributed by atoms with E-state index in [4.69, 9.17) is 0 Å². The summed E-state index contributed by atoms with van der Waals surface area (Å²) < 4.78 is 43.5. The first-order valence-corrected chi connectivity index (χ1v) is 17.7. The number of benzene rings is 1. The van der Waals surface area contributed by atoms with Crippen molar-refractivity contribution in [2.24, 2.45) is 5.92 Å². The third kappa shape index (κ3) is 7.27. The van der Waals surface area contributed by atoms with E-state index in [0.29, 0.717) is 28.0 Å². The first-order valence-electron chi connectivity index (χ1n) is 15.7. The number of nitriles is 1. The van der Waals surface area contributed by atoms with Gasteiger partial charge < -0.3 is 9.88 Å². The molecule has 3 aromatic heterocycles. The highest BCUT2D eigenvalue weighted by Gasteiger charge is 2.30. The molecule has 2 fully saturated rings. The van der Waals surface area contributed by atoms with E-state index in [9.17, 15) is 18.4 Å². The van der Waals surface area contributed by atoms with E-state index in [1.807, 2.05) is 11.9 Å². The van der Waals surface area contributed by atoms with Crippen molar-refractivity contribution < 1.29 is 13.2 Å². The van der Waals surface area contributed by atoms with E-state index in [1.54, 1.807) is 6.07 Å². The Labute approximate surface area is 270 Å². The van der Waals surface area contributed by atoms with Crippen LogP contribution >= 0.6 is 23.3 Å². The van der Waals surface area contributed by atoms with Crippen molar-refractivity contribution in [2.75, 3.05) is 31.2 Å². The van der Waals surface area contributed by atoms with Crippen LogP contribution < -0.4 is 5.32 Å². The Morgan fingerprint density at radius 2 is 1.91 bits per heavy atom. The number of likely N-dealkylation sites (tertiary alicyclic amines) is 1. The molecule has 1 N–H and O–H groups in total. The molecule has 0 amide bonds. The van der Waals surface area contributed by atoms with Gasteiger partial charge in [-0.05, 0) is 87.5 Å². The zero-order chi connectivity index (χ0) is 31.7. The number of aryl methyl sites for hydroxylation is 2. The number of hydrogen-bond acceptors (Lipinski definition) is 8. The predicted octanol–water partition coefficient (Wildman–Crippen LogP) is 7.78. The second-order valence-corrected chi connectivity index (χ2v) is 14.5. The molecule has 0 aliphatic carbocycles. The van der Waals surface area contributed by atoms with Crippen LogP contribution in [0, 0.1) is 24.2 Å². The maximum Gasteiger partial charge on any atom is 0.393 e. The van der Waals surface area contributed by atoms with Gasteiger partial charge in [0.15, 0.2) is 0 Å². The number of halogens is 3. The summed E-state index contributed by atoms with van der Waals surface area (Å²) in [6.07, 6.45) is 3.72. The maximum atomic E-state index is 12.9. The van der Waals surface area contributed by atoms with Crippen LogP contribution in [0.5, 0.6) is 0 Å². The molecule has 5 heterocycles. The number of thiophene rings is 1. The van der Waals surface area contributed by atoms with Gasteiger partial charge in [0.2, 0.25) is 0 Å². The average molecular weight is 656 g/mol. The smallest absolute Gasteiger partial charge is 0.367 e. The van der Waals surface area contributed by atoms with Crippen LogP contribution in [0.25, 0.3) is 21.1 Å².